The minimum absolute atomic E-state index is 0.0228. The van der Waals surface area contributed by atoms with Crippen molar-refractivity contribution in [2.75, 3.05) is 19.7 Å². The van der Waals surface area contributed by atoms with E-state index >= 15 is 0 Å². The summed E-state index contributed by atoms with van der Waals surface area (Å²) in [6.45, 7) is 7.36. The Balaban J connectivity index is 1.65. The van der Waals surface area contributed by atoms with Gasteiger partial charge >= 0.3 is 5.97 Å². The zero-order chi connectivity index (χ0) is 15.5. The first kappa shape index (κ1) is 15.1. The van der Waals surface area contributed by atoms with Crippen LogP contribution in [0.25, 0.3) is 10.9 Å². The SMILES string of the molecule is CCOC(=O)C1CCN(Cc2c(C)[nH]c3ccccc23)CC1. The molecule has 0 radical (unpaired) electrons. The number of ether oxygens (including phenoxy) is 1. The van der Waals surface area contributed by atoms with Crippen LogP contribution >= 0.6 is 0 Å². The predicted octanol–water partition coefficient (Wildman–Crippen LogP) is 3.25. The van der Waals surface area contributed by atoms with Crippen LogP contribution in [0.4, 0.5) is 0 Å². The van der Waals surface area contributed by atoms with E-state index in [1.807, 2.05) is 6.92 Å². The molecule has 118 valence electrons. The minimum Gasteiger partial charge on any atom is -0.466 e. The summed E-state index contributed by atoms with van der Waals surface area (Å²) in [4.78, 5) is 17.7. The number of carbonyl (C=O) groups excluding carboxylic acids is 1. The fraction of sp³-hybridized carbons (Fsp3) is 0.500. The Morgan fingerprint density at radius 1 is 1.32 bits per heavy atom. The van der Waals surface area contributed by atoms with Gasteiger partial charge in [-0.1, -0.05) is 18.2 Å². The maximum atomic E-state index is 11.8. The van der Waals surface area contributed by atoms with Crippen LogP contribution in [0, 0.1) is 12.8 Å². The molecule has 2 heterocycles. The van der Waals surface area contributed by atoms with Gasteiger partial charge in [0.15, 0.2) is 0 Å². The molecule has 1 fully saturated rings. The van der Waals surface area contributed by atoms with E-state index in [0.717, 1.165) is 32.5 Å². The minimum atomic E-state index is -0.0228. The Kier molecular flexibility index (Phi) is 4.48. The van der Waals surface area contributed by atoms with Crippen molar-refractivity contribution in [3.63, 3.8) is 0 Å². The summed E-state index contributed by atoms with van der Waals surface area (Å²) in [5, 5.41) is 1.31. The van der Waals surface area contributed by atoms with Crippen LogP contribution in [0.3, 0.4) is 0 Å². The van der Waals surface area contributed by atoms with Crippen molar-refractivity contribution in [2.24, 2.45) is 5.92 Å². The molecule has 22 heavy (non-hydrogen) atoms. The van der Waals surface area contributed by atoms with Gasteiger partial charge in [0.1, 0.15) is 0 Å². The summed E-state index contributed by atoms with van der Waals surface area (Å²) in [5.41, 5.74) is 3.83. The smallest absolute Gasteiger partial charge is 0.309 e. The lowest BCUT2D eigenvalue weighted by atomic mass is 9.96. The van der Waals surface area contributed by atoms with E-state index in [1.54, 1.807) is 0 Å². The lowest BCUT2D eigenvalue weighted by Crippen LogP contribution is -2.36. The van der Waals surface area contributed by atoms with Crippen LogP contribution in [0.2, 0.25) is 0 Å². The third kappa shape index (κ3) is 3.02. The van der Waals surface area contributed by atoms with Gasteiger partial charge in [-0.05, 0) is 51.4 Å². The number of fused-ring (bicyclic) bond motifs is 1. The lowest BCUT2D eigenvalue weighted by Gasteiger charge is -2.30. The van der Waals surface area contributed by atoms with Gasteiger partial charge in [0.25, 0.3) is 0 Å². The Hall–Kier alpha value is -1.81. The average Bonchev–Trinajstić information content (AvgIpc) is 2.84. The summed E-state index contributed by atoms with van der Waals surface area (Å²) >= 11 is 0. The molecule has 0 aliphatic carbocycles. The number of likely N-dealkylation sites (tertiary alicyclic amines) is 1. The molecule has 0 atom stereocenters. The molecular formula is C18H24N2O2. The number of nitrogens with zero attached hydrogens (tertiary/aromatic N) is 1. The first-order valence-corrected chi connectivity index (χ1v) is 8.14. The topological polar surface area (TPSA) is 45.3 Å². The molecule has 1 aromatic heterocycles. The average molecular weight is 300 g/mol. The molecule has 0 amide bonds. The zero-order valence-electron chi connectivity index (χ0n) is 13.4. The van der Waals surface area contributed by atoms with Crippen molar-refractivity contribution >= 4 is 16.9 Å². The predicted molar refractivity (Wildman–Crippen MR) is 87.7 cm³/mol. The monoisotopic (exact) mass is 300 g/mol. The maximum Gasteiger partial charge on any atom is 0.309 e. The van der Waals surface area contributed by atoms with E-state index < -0.39 is 0 Å². The summed E-state index contributed by atoms with van der Waals surface area (Å²) in [6.07, 6.45) is 1.81. The number of rotatable bonds is 4. The largest absolute Gasteiger partial charge is 0.466 e. The molecule has 0 spiro atoms. The highest BCUT2D eigenvalue weighted by atomic mass is 16.5. The van der Waals surface area contributed by atoms with Gasteiger partial charge in [0, 0.05) is 23.1 Å². The van der Waals surface area contributed by atoms with E-state index in [1.165, 1.54) is 22.2 Å². The summed E-state index contributed by atoms with van der Waals surface area (Å²) in [7, 11) is 0. The van der Waals surface area contributed by atoms with E-state index in [0.29, 0.717) is 6.61 Å². The van der Waals surface area contributed by atoms with Crippen LogP contribution in [-0.4, -0.2) is 35.5 Å². The number of hydrogen-bond acceptors (Lipinski definition) is 3. The van der Waals surface area contributed by atoms with Gasteiger partial charge in [-0.15, -0.1) is 0 Å². The van der Waals surface area contributed by atoms with Crippen molar-refractivity contribution in [1.82, 2.24) is 9.88 Å². The second-order valence-corrected chi connectivity index (χ2v) is 6.08. The molecule has 1 aliphatic rings. The number of piperidine rings is 1. The first-order valence-electron chi connectivity index (χ1n) is 8.14. The van der Waals surface area contributed by atoms with Crippen molar-refractivity contribution in [1.29, 1.82) is 0 Å². The van der Waals surface area contributed by atoms with E-state index in [2.05, 4.69) is 41.1 Å². The fourth-order valence-electron chi connectivity index (χ4n) is 3.35. The molecule has 4 nitrogen and oxygen atoms in total. The highest BCUT2D eigenvalue weighted by molar-refractivity contribution is 5.84. The molecule has 1 aliphatic heterocycles. The van der Waals surface area contributed by atoms with Crippen LogP contribution in [0.5, 0.6) is 0 Å². The van der Waals surface area contributed by atoms with Crippen LogP contribution in [0.15, 0.2) is 24.3 Å². The number of nitrogens with one attached hydrogen (secondary N) is 1. The van der Waals surface area contributed by atoms with E-state index in [-0.39, 0.29) is 11.9 Å². The van der Waals surface area contributed by atoms with Gasteiger partial charge in [-0.25, -0.2) is 0 Å². The molecule has 1 N–H and O–H groups in total. The molecular weight excluding hydrogens is 276 g/mol. The summed E-state index contributed by atoms with van der Waals surface area (Å²) < 4.78 is 5.14. The van der Waals surface area contributed by atoms with Crippen LogP contribution in [-0.2, 0) is 16.1 Å². The van der Waals surface area contributed by atoms with Crippen molar-refractivity contribution in [2.45, 2.75) is 33.2 Å². The molecule has 0 unspecified atom stereocenters. The van der Waals surface area contributed by atoms with E-state index in [4.69, 9.17) is 4.74 Å². The Bertz CT molecular complexity index is 654. The van der Waals surface area contributed by atoms with Gasteiger partial charge in [-0.3, -0.25) is 9.69 Å². The third-order valence-electron chi connectivity index (χ3n) is 4.62. The second kappa shape index (κ2) is 6.53. The molecule has 2 aromatic rings. The van der Waals surface area contributed by atoms with Gasteiger partial charge in [0.05, 0.1) is 12.5 Å². The van der Waals surface area contributed by atoms with E-state index in [9.17, 15) is 4.79 Å². The first-order chi connectivity index (χ1) is 10.7. The molecule has 0 bridgehead atoms. The third-order valence-corrected chi connectivity index (χ3v) is 4.62. The quantitative estimate of drug-likeness (QED) is 0.882. The highest BCUT2D eigenvalue weighted by Gasteiger charge is 2.26. The van der Waals surface area contributed by atoms with Crippen molar-refractivity contribution < 1.29 is 9.53 Å². The van der Waals surface area contributed by atoms with Crippen molar-refractivity contribution in [3.05, 3.63) is 35.5 Å². The number of hydrogen-bond donors (Lipinski definition) is 1. The Labute approximate surface area is 131 Å². The number of esters is 1. The van der Waals surface area contributed by atoms with Gasteiger partial charge in [0.2, 0.25) is 0 Å². The standard InChI is InChI=1S/C18H24N2O2/c1-3-22-18(21)14-8-10-20(11-9-14)12-16-13(2)19-17-7-5-4-6-15(16)17/h4-7,14,19H,3,8-12H2,1-2H3. The number of aryl methyl sites for hydroxylation is 1. The highest BCUT2D eigenvalue weighted by Crippen LogP contribution is 2.26. The Morgan fingerprint density at radius 2 is 2.05 bits per heavy atom. The van der Waals surface area contributed by atoms with Crippen LogP contribution < -0.4 is 0 Å². The molecule has 3 rings (SSSR count). The number of H-pyrrole nitrogens is 1. The number of carbonyl (C=O) groups is 1. The number of aromatic nitrogens is 1. The van der Waals surface area contributed by atoms with Gasteiger partial charge < -0.3 is 9.72 Å². The molecule has 0 saturated carbocycles. The van der Waals surface area contributed by atoms with Crippen molar-refractivity contribution in [3.8, 4) is 0 Å². The number of para-hydroxylation sites is 1. The Morgan fingerprint density at radius 3 is 2.77 bits per heavy atom. The lowest BCUT2D eigenvalue weighted by molar-refractivity contribution is -0.149. The molecule has 4 heteroatoms. The fourth-order valence-corrected chi connectivity index (χ4v) is 3.35. The normalized spacial score (nSPS) is 17.0. The molecule has 1 saturated heterocycles. The maximum absolute atomic E-state index is 11.8. The second-order valence-electron chi connectivity index (χ2n) is 6.08. The number of aromatic amines is 1. The van der Waals surface area contributed by atoms with Crippen LogP contribution in [0.1, 0.15) is 31.0 Å². The van der Waals surface area contributed by atoms with Gasteiger partial charge in [-0.2, -0.15) is 0 Å². The zero-order valence-corrected chi connectivity index (χ0v) is 13.4. The summed E-state index contributed by atoms with van der Waals surface area (Å²) in [6, 6.07) is 8.46. The number of benzene rings is 1. The summed E-state index contributed by atoms with van der Waals surface area (Å²) in [5.74, 6) is 0.0608. The molecule has 1 aromatic carbocycles.